The van der Waals surface area contributed by atoms with Crippen molar-refractivity contribution in [3.63, 3.8) is 0 Å². The largest absolute Gasteiger partial charge is 0.396 e. The van der Waals surface area contributed by atoms with Crippen molar-refractivity contribution in [2.75, 3.05) is 20.2 Å². The molecule has 0 radical (unpaired) electrons. The van der Waals surface area contributed by atoms with Gasteiger partial charge in [0.25, 0.3) is 0 Å². The number of rotatable bonds is 6. The van der Waals surface area contributed by atoms with Crippen LogP contribution in [0.5, 0.6) is 0 Å². The average Bonchev–Trinajstić information content (AvgIpc) is 2.57. The highest BCUT2D eigenvalue weighted by Crippen LogP contribution is 2.26. The molecule has 1 aromatic rings. The van der Waals surface area contributed by atoms with E-state index in [1.165, 1.54) is 11.1 Å². The molecule has 0 aliphatic heterocycles. The number of nitrogens with one attached hydrogen (secondary N) is 1. The van der Waals surface area contributed by atoms with Gasteiger partial charge in [-0.05, 0) is 76.1 Å². The third-order valence-corrected chi connectivity index (χ3v) is 5.50. The maximum atomic E-state index is 12.4. The van der Waals surface area contributed by atoms with Crippen LogP contribution in [0, 0.1) is 19.8 Å². The molecule has 0 saturated heterocycles. The van der Waals surface area contributed by atoms with E-state index in [1.54, 1.807) is 0 Å². The lowest BCUT2D eigenvalue weighted by atomic mass is 9.86. The predicted molar refractivity (Wildman–Crippen MR) is 97.9 cm³/mol. The van der Waals surface area contributed by atoms with Gasteiger partial charge in [-0.1, -0.05) is 18.2 Å². The summed E-state index contributed by atoms with van der Waals surface area (Å²) in [7, 11) is 2.03. The number of likely N-dealkylation sites (N-methyl/N-ethyl adjacent to an activating group) is 1. The normalized spacial score (nSPS) is 22.4. The van der Waals surface area contributed by atoms with E-state index in [4.69, 9.17) is 0 Å². The van der Waals surface area contributed by atoms with Crippen molar-refractivity contribution in [3.8, 4) is 0 Å². The summed E-state index contributed by atoms with van der Waals surface area (Å²) in [5, 5.41) is 12.3. The summed E-state index contributed by atoms with van der Waals surface area (Å²) >= 11 is 0. The lowest BCUT2D eigenvalue weighted by molar-refractivity contribution is -0.123. The summed E-state index contributed by atoms with van der Waals surface area (Å²) in [6.07, 6.45) is 4.27. The molecular weight excluding hydrogens is 300 g/mol. The van der Waals surface area contributed by atoms with Crippen LogP contribution in [0.25, 0.3) is 0 Å². The number of carbonyl (C=O) groups excluding carboxylic acids is 1. The van der Waals surface area contributed by atoms with Gasteiger partial charge in [-0.15, -0.1) is 0 Å². The third-order valence-electron chi connectivity index (χ3n) is 5.50. The Morgan fingerprint density at radius 1 is 1.25 bits per heavy atom. The van der Waals surface area contributed by atoms with Crippen LogP contribution in [0.2, 0.25) is 0 Å². The van der Waals surface area contributed by atoms with Crippen molar-refractivity contribution in [2.24, 2.45) is 5.92 Å². The van der Waals surface area contributed by atoms with Crippen molar-refractivity contribution in [1.29, 1.82) is 0 Å². The SMILES string of the molecule is Cc1ccc(C(C)NC(=O)CN(C)C2CCC(CO)CC2)cc1C. The van der Waals surface area contributed by atoms with Gasteiger partial charge in [-0.2, -0.15) is 0 Å². The number of aliphatic hydroxyl groups excluding tert-OH is 1. The fourth-order valence-corrected chi connectivity index (χ4v) is 3.53. The molecule has 134 valence electrons. The van der Waals surface area contributed by atoms with Crippen molar-refractivity contribution >= 4 is 5.91 Å². The Kier molecular flexibility index (Phi) is 6.81. The first kappa shape index (κ1) is 18.9. The van der Waals surface area contributed by atoms with Gasteiger partial charge in [-0.25, -0.2) is 0 Å². The second-order valence-electron chi connectivity index (χ2n) is 7.41. The Bertz CT molecular complexity index is 551. The fraction of sp³-hybridized carbons (Fsp3) is 0.650. The van der Waals surface area contributed by atoms with E-state index in [0.29, 0.717) is 25.1 Å². The number of hydrogen-bond donors (Lipinski definition) is 2. The van der Waals surface area contributed by atoms with Gasteiger partial charge in [0.05, 0.1) is 12.6 Å². The molecule has 4 heteroatoms. The van der Waals surface area contributed by atoms with Crippen molar-refractivity contribution in [2.45, 2.75) is 58.5 Å². The second kappa shape index (κ2) is 8.63. The first-order chi connectivity index (χ1) is 11.4. The molecular formula is C20H32N2O2. The van der Waals surface area contributed by atoms with E-state index in [9.17, 15) is 9.90 Å². The second-order valence-corrected chi connectivity index (χ2v) is 7.41. The molecule has 1 saturated carbocycles. The zero-order valence-corrected chi connectivity index (χ0v) is 15.5. The zero-order chi connectivity index (χ0) is 17.7. The van der Waals surface area contributed by atoms with Gasteiger partial charge in [0.2, 0.25) is 5.91 Å². The van der Waals surface area contributed by atoms with Gasteiger partial charge in [0, 0.05) is 12.6 Å². The van der Waals surface area contributed by atoms with Crippen LogP contribution in [0.4, 0.5) is 0 Å². The minimum Gasteiger partial charge on any atom is -0.396 e. The van der Waals surface area contributed by atoms with Crippen LogP contribution in [-0.4, -0.2) is 42.2 Å². The molecule has 1 aliphatic rings. The molecule has 4 nitrogen and oxygen atoms in total. The van der Waals surface area contributed by atoms with Crippen molar-refractivity contribution in [3.05, 3.63) is 34.9 Å². The molecule has 1 fully saturated rings. The summed E-state index contributed by atoms with van der Waals surface area (Å²) in [6.45, 7) is 6.97. The third kappa shape index (κ3) is 5.05. The van der Waals surface area contributed by atoms with Crippen LogP contribution in [-0.2, 0) is 4.79 Å². The predicted octanol–water partition coefficient (Wildman–Crippen LogP) is 2.96. The smallest absolute Gasteiger partial charge is 0.234 e. The Morgan fingerprint density at radius 2 is 1.92 bits per heavy atom. The number of carbonyl (C=O) groups is 1. The monoisotopic (exact) mass is 332 g/mol. The van der Waals surface area contributed by atoms with E-state index in [-0.39, 0.29) is 11.9 Å². The first-order valence-electron chi connectivity index (χ1n) is 9.08. The van der Waals surface area contributed by atoms with E-state index in [0.717, 1.165) is 31.2 Å². The molecule has 1 atom stereocenters. The quantitative estimate of drug-likeness (QED) is 0.842. The van der Waals surface area contributed by atoms with Crippen LogP contribution in [0.1, 0.15) is 55.3 Å². The number of hydrogen-bond acceptors (Lipinski definition) is 3. The molecule has 24 heavy (non-hydrogen) atoms. The average molecular weight is 332 g/mol. The summed E-state index contributed by atoms with van der Waals surface area (Å²) < 4.78 is 0. The first-order valence-corrected chi connectivity index (χ1v) is 9.08. The minimum atomic E-state index is 0.0234. The van der Waals surface area contributed by atoms with Crippen molar-refractivity contribution in [1.82, 2.24) is 10.2 Å². The number of nitrogens with zero attached hydrogens (tertiary/aromatic N) is 1. The molecule has 0 bridgehead atoms. The van der Waals surface area contributed by atoms with E-state index < -0.39 is 0 Å². The maximum Gasteiger partial charge on any atom is 0.234 e. The van der Waals surface area contributed by atoms with Gasteiger partial charge in [0.15, 0.2) is 0 Å². The van der Waals surface area contributed by atoms with Gasteiger partial charge in [-0.3, -0.25) is 9.69 Å². The van der Waals surface area contributed by atoms with E-state index in [2.05, 4.69) is 42.3 Å². The van der Waals surface area contributed by atoms with Gasteiger partial charge >= 0.3 is 0 Å². The number of aliphatic hydroxyl groups is 1. The van der Waals surface area contributed by atoms with Crippen LogP contribution in [0.15, 0.2) is 18.2 Å². The molecule has 2 rings (SSSR count). The Hall–Kier alpha value is -1.39. The van der Waals surface area contributed by atoms with E-state index in [1.807, 2.05) is 14.0 Å². The van der Waals surface area contributed by atoms with E-state index >= 15 is 0 Å². The Labute approximate surface area is 146 Å². The van der Waals surface area contributed by atoms with Gasteiger partial charge in [0.1, 0.15) is 0 Å². The summed E-state index contributed by atoms with van der Waals surface area (Å²) in [5.74, 6) is 0.529. The minimum absolute atomic E-state index is 0.0234. The molecule has 0 heterocycles. The molecule has 1 aromatic carbocycles. The zero-order valence-electron chi connectivity index (χ0n) is 15.5. The maximum absolute atomic E-state index is 12.4. The lowest BCUT2D eigenvalue weighted by Gasteiger charge is -2.34. The van der Waals surface area contributed by atoms with Crippen LogP contribution < -0.4 is 5.32 Å². The molecule has 2 N–H and O–H groups in total. The lowest BCUT2D eigenvalue weighted by Crippen LogP contribution is -2.42. The van der Waals surface area contributed by atoms with Gasteiger partial charge < -0.3 is 10.4 Å². The topological polar surface area (TPSA) is 52.6 Å². The fourth-order valence-electron chi connectivity index (χ4n) is 3.53. The molecule has 0 spiro atoms. The molecule has 1 aliphatic carbocycles. The van der Waals surface area contributed by atoms with Crippen LogP contribution in [0.3, 0.4) is 0 Å². The molecule has 1 amide bonds. The van der Waals surface area contributed by atoms with Crippen molar-refractivity contribution < 1.29 is 9.90 Å². The number of benzene rings is 1. The standard InChI is InChI=1S/C20H32N2O2/c1-14-5-8-18(11-15(14)2)16(3)21-20(24)12-22(4)19-9-6-17(13-23)7-10-19/h5,8,11,16-17,19,23H,6-7,9-10,12-13H2,1-4H3,(H,21,24). The summed E-state index contributed by atoms with van der Waals surface area (Å²) in [6, 6.07) is 6.83. The summed E-state index contributed by atoms with van der Waals surface area (Å²) in [5.41, 5.74) is 3.68. The highest BCUT2D eigenvalue weighted by atomic mass is 16.3. The number of aryl methyl sites for hydroxylation is 2. The Balaban J connectivity index is 1.82. The molecule has 0 aromatic heterocycles. The number of amides is 1. The highest BCUT2D eigenvalue weighted by Gasteiger charge is 2.24. The molecule has 1 unspecified atom stereocenters. The highest BCUT2D eigenvalue weighted by molar-refractivity contribution is 5.78. The Morgan fingerprint density at radius 3 is 2.50 bits per heavy atom. The van der Waals surface area contributed by atoms with Crippen LogP contribution >= 0.6 is 0 Å². The summed E-state index contributed by atoms with van der Waals surface area (Å²) in [4.78, 5) is 14.5.